The summed E-state index contributed by atoms with van der Waals surface area (Å²) in [5, 5.41) is 17.3. The van der Waals surface area contributed by atoms with Crippen molar-refractivity contribution in [2.45, 2.75) is 13.0 Å². The maximum Gasteiger partial charge on any atom is 0.319 e. The van der Waals surface area contributed by atoms with E-state index in [9.17, 15) is 19.5 Å². The zero-order valence-electron chi connectivity index (χ0n) is 17.2. The molecule has 3 aromatic rings. The van der Waals surface area contributed by atoms with Crippen molar-refractivity contribution in [3.8, 4) is 0 Å². The molecule has 3 aromatic carbocycles. The van der Waals surface area contributed by atoms with Gasteiger partial charge in [0.25, 0.3) is 0 Å². The number of hydrogen-bond acceptors (Lipinski definition) is 4. The van der Waals surface area contributed by atoms with Gasteiger partial charge in [-0.2, -0.15) is 0 Å². The van der Waals surface area contributed by atoms with E-state index in [4.69, 9.17) is 0 Å². The standard InChI is InChI=1S/C24H22BrN3O4/c1-16-7-5-10-19(13-16)27-24(32)26-15-21(29)28(20-11-3-2-4-12-20)22(23(30)31)17-8-6-9-18(25)14-17/h2-14,22H,15H2,1H3,(H,30,31)(H2,26,27,32)/p-1. The molecular weight excluding hydrogens is 474 g/mol. The van der Waals surface area contributed by atoms with Gasteiger partial charge in [-0.1, -0.05) is 58.4 Å². The Labute approximate surface area is 194 Å². The summed E-state index contributed by atoms with van der Waals surface area (Å²) in [6, 6.07) is 20.3. The van der Waals surface area contributed by atoms with Gasteiger partial charge in [-0.25, -0.2) is 4.79 Å². The fourth-order valence-corrected chi connectivity index (χ4v) is 3.65. The second-order valence-corrected chi connectivity index (χ2v) is 7.97. The summed E-state index contributed by atoms with van der Waals surface area (Å²) < 4.78 is 0.664. The van der Waals surface area contributed by atoms with Crippen molar-refractivity contribution in [1.29, 1.82) is 0 Å². The molecule has 32 heavy (non-hydrogen) atoms. The molecule has 0 saturated heterocycles. The molecule has 1 unspecified atom stereocenters. The third-order valence-electron chi connectivity index (χ3n) is 4.63. The predicted octanol–water partition coefficient (Wildman–Crippen LogP) is 3.40. The van der Waals surface area contributed by atoms with Crippen molar-refractivity contribution in [3.63, 3.8) is 0 Å². The number of halogens is 1. The van der Waals surface area contributed by atoms with Crippen LogP contribution in [0.5, 0.6) is 0 Å². The predicted molar refractivity (Wildman–Crippen MR) is 124 cm³/mol. The van der Waals surface area contributed by atoms with E-state index in [-0.39, 0.29) is 0 Å². The molecule has 3 rings (SSSR count). The highest BCUT2D eigenvalue weighted by Crippen LogP contribution is 2.28. The number of aryl methyl sites for hydroxylation is 1. The van der Waals surface area contributed by atoms with Gasteiger partial charge in [0.1, 0.15) is 6.04 Å². The second kappa shape index (κ2) is 10.6. The summed E-state index contributed by atoms with van der Waals surface area (Å²) in [6.45, 7) is 1.48. The fraction of sp³-hybridized carbons (Fsp3) is 0.125. The van der Waals surface area contributed by atoms with Crippen molar-refractivity contribution < 1.29 is 19.5 Å². The average Bonchev–Trinajstić information content (AvgIpc) is 2.76. The highest BCUT2D eigenvalue weighted by atomic mass is 79.9. The number of aliphatic carboxylic acids is 1. The van der Waals surface area contributed by atoms with Gasteiger partial charge >= 0.3 is 6.03 Å². The minimum atomic E-state index is -1.44. The lowest BCUT2D eigenvalue weighted by Crippen LogP contribution is -2.48. The van der Waals surface area contributed by atoms with E-state index in [2.05, 4.69) is 26.6 Å². The van der Waals surface area contributed by atoms with E-state index in [0.29, 0.717) is 21.4 Å². The normalized spacial score (nSPS) is 11.3. The van der Waals surface area contributed by atoms with E-state index in [1.807, 2.05) is 13.0 Å². The van der Waals surface area contributed by atoms with Gasteiger partial charge in [-0.05, 0) is 54.4 Å². The van der Waals surface area contributed by atoms with Gasteiger partial charge < -0.3 is 20.5 Å². The number of carbonyl (C=O) groups excluding carboxylic acids is 3. The zero-order chi connectivity index (χ0) is 23.1. The number of carboxylic acids is 1. The van der Waals surface area contributed by atoms with E-state index in [0.717, 1.165) is 10.5 Å². The number of nitrogens with one attached hydrogen (secondary N) is 2. The zero-order valence-corrected chi connectivity index (χ0v) is 18.8. The Morgan fingerprint density at radius 2 is 1.69 bits per heavy atom. The number of para-hydroxylation sites is 1. The lowest BCUT2D eigenvalue weighted by Gasteiger charge is -2.33. The Balaban J connectivity index is 1.83. The smallest absolute Gasteiger partial charge is 0.319 e. The van der Waals surface area contributed by atoms with Gasteiger partial charge in [-0.15, -0.1) is 0 Å². The molecule has 0 aromatic heterocycles. The van der Waals surface area contributed by atoms with Crippen molar-refractivity contribution in [2.24, 2.45) is 0 Å². The first-order valence-electron chi connectivity index (χ1n) is 9.80. The van der Waals surface area contributed by atoms with Crippen LogP contribution in [0.15, 0.2) is 83.3 Å². The summed E-state index contributed by atoms with van der Waals surface area (Å²) in [7, 11) is 0. The van der Waals surface area contributed by atoms with Crippen molar-refractivity contribution in [3.05, 3.63) is 94.5 Å². The van der Waals surface area contributed by atoms with Gasteiger partial charge in [-0.3, -0.25) is 9.69 Å². The highest BCUT2D eigenvalue weighted by Gasteiger charge is 2.28. The molecule has 3 amide bonds. The lowest BCUT2D eigenvalue weighted by atomic mass is 10.0. The van der Waals surface area contributed by atoms with Crippen LogP contribution in [-0.2, 0) is 9.59 Å². The molecule has 0 bridgehead atoms. The molecule has 0 spiro atoms. The quantitative estimate of drug-likeness (QED) is 0.525. The number of benzene rings is 3. The number of amides is 3. The van der Waals surface area contributed by atoms with Crippen LogP contribution in [0, 0.1) is 6.92 Å². The number of rotatable bonds is 7. The molecule has 164 valence electrons. The van der Waals surface area contributed by atoms with Crippen molar-refractivity contribution >= 4 is 45.2 Å². The molecule has 0 aliphatic heterocycles. The topological polar surface area (TPSA) is 102 Å². The first kappa shape index (κ1) is 23.0. The molecule has 7 nitrogen and oxygen atoms in total. The third-order valence-corrected chi connectivity index (χ3v) is 5.12. The molecule has 0 heterocycles. The van der Waals surface area contributed by atoms with Crippen LogP contribution in [0.3, 0.4) is 0 Å². The van der Waals surface area contributed by atoms with Crippen LogP contribution < -0.4 is 20.6 Å². The average molecular weight is 495 g/mol. The summed E-state index contributed by atoms with van der Waals surface area (Å²) in [5.74, 6) is -2.05. The van der Waals surface area contributed by atoms with E-state index < -0.39 is 30.5 Å². The number of anilines is 2. The Morgan fingerprint density at radius 1 is 0.969 bits per heavy atom. The number of carboxylic acid groups (broad SMARTS) is 1. The molecule has 0 saturated carbocycles. The molecule has 0 fully saturated rings. The van der Waals surface area contributed by atoms with Crippen LogP contribution in [0.25, 0.3) is 0 Å². The maximum absolute atomic E-state index is 13.1. The SMILES string of the molecule is Cc1cccc(NC(=O)NCC(=O)N(c2ccccc2)C(C(=O)[O-])c2cccc(Br)c2)c1. The van der Waals surface area contributed by atoms with Crippen LogP contribution >= 0.6 is 15.9 Å². The number of carbonyl (C=O) groups is 3. The minimum absolute atomic E-state index is 0.362. The summed E-state index contributed by atoms with van der Waals surface area (Å²) in [5.41, 5.74) is 2.28. The fourth-order valence-electron chi connectivity index (χ4n) is 3.23. The number of hydrogen-bond donors (Lipinski definition) is 2. The Morgan fingerprint density at radius 3 is 2.34 bits per heavy atom. The molecule has 2 N–H and O–H groups in total. The molecule has 0 aliphatic carbocycles. The van der Waals surface area contributed by atoms with Crippen LogP contribution in [0.2, 0.25) is 0 Å². The second-order valence-electron chi connectivity index (χ2n) is 7.05. The number of nitrogens with zero attached hydrogens (tertiary/aromatic N) is 1. The number of urea groups is 1. The monoisotopic (exact) mass is 494 g/mol. The first-order chi connectivity index (χ1) is 15.3. The largest absolute Gasteiger partial charge is 0.547 e. The van der Waals surface area contributed by atoms with Crippen molar-refractivity contribution in [1.82, 2.24) is 5.32 Å². The van der Waals surface area contributed by atoms with E-state index in [1.165, 1.54) is 0 Å². The van der Waals surface area contributed by atoms with Gasteiger partial charge in [0.05, 0.1) is 12.5 Å². The minimum Gasteiger partial charge on any atom is -0.547 e. The van der Waals surface area contributed by atoms with E-state index in [1.54, 1.807) is 72.8 Å². The molecule has 0 radical (unpaired) electrons. The summed E-state index contributed by atoms with van der Waals surface area (Å²) in [6.07, 6.45) is 0. The Kier molecular flexibility index (Phi) is 7.62. The van der Waals surface area contributed by atoms with Gasteiger partial charge in [0.15, 0.2) is 0 Å². The third kappa shape index (κ3) is 5.95. The van der Waals surface area contributed by atoms with Gasteiger partial charge in [0, 0.05) is 15.8 Å². The Hall–Kier alpha value is -3.65. The van der Waals surface area contributed by atoms with Crippen LogP contribution in [-0.4, -0.2) is 24.5 Å². The van der Waals surface area contributed by atoms with Crippen LogP contribution in [0.1, 0.15) is 17.2 Å². The maximum atomic E-state index is 13.1. The first-order valence-corrected chi connectivity index (χ1v) is 10.6. The summed E-state index contributed by atoms with van der Waals surface area (Å²) >= 11 is 3.33. The van der Waals surface area contributed by atoms with Crippen molar-refractivity contribution in [2.75, 3.05) is 16.8 Å². The summed E-state index contributed by atoms with van der Waals surface area (Å²) in [4.78, 5) is 38.7. The van der Waals surface area contributed by atoms with E-state index >= 15 is 0 Å². The molecular formula is C24H21BrN3O4-. The highest BCUT2D eigenvalue weighted by molar-refractivity contribution is 9.10. The molecule has 8 heteroatoms. The Bertz CT molecular complexity index is 1120. The molecule has 1 atom stereocenters. The molecule has 0 aliphatic rings. The lowest BCUT2D eigenvalue weighted by molar-refractivity contribution is -0.307. The van der Waals surface area contributed by atoms with Crippen LogP contribution in [0.4, 0.5) is 16.2 Å². The van der Waals surface area contributed by atoms with Gasteiger partial charge in [0.2, 0.25) is 5.91 Å².